The molecule has 0 bridgehead atoms. The lowest BCUT2D eigenvalue weighted by atomic mass is 9.66. The molecule has 0 saturated heterocycles. The van der Waals surface area contributed by atoms with Crippen LogP contribution in [0.5, 0.6) is 11.5 Å². The molecule has 0 amide bonds. The van der Waals surface area contributed by atoms with Gasteiger partial charge in [0.25, 0.3) is 0 Å². The SMILES string of the molecule is c1ccc(-c2nc(-c3ccccc3)nc(-c3cc4c(c5sccc35)-c3ccccc3C43c4ccccc4Oc4ccccc43)n2)cc1. The van der Waals surface area contributed by atoms with Gasteiger partial charge in [-0.05, 0) is 46.3 Å². The molecule has 0 N–H and O–H groups in total. The summed E-state index contributed by atoms with van der Waals surface area (Å²) in [5.74, 6) is 3.71. The summed E-state index contributed by atoms with van der Waals surface area (Å²) in [6.45, 7) is 0. The molecule has 220 valence electrons. The number of nitrogens with zero attached hydrogens (tertiary/aromatic N) is 3. The van der Waals surface area contributed by atoms with Crippen LogP contribution >= 0.6 is 11.3 Å². The molecule has 6 aromatic carbocycles. The molecule has 2 aromatic heterocycles. The Kier molecular flexibility index (Phi) is 5.63. The lowest BCUT2D eigenvalue weighted by Crippen LogP contribution is -2.32. The van der Waals surface area contributed by atoms with Crippen LogP contribution in [0.1, 0.15) is 22.3 Å². The van der Waals surface area contributed by atoms with E-state index in [4.69, 9.17) is 19.7 Å². The van der Waals surface area contributed by atoms with E-state index in [-0.39, 0.29) is 0 Å². The molecule has 0 unspecified atom stereocenters. The highest BCUT2D eigenvalue weighted by molar-refractivity contribution is 7.18. The Morgan fingerprint density at radius 1 is 0.468 bits per heavy atom. The number of fused-ring (bicyclic) bond motifs is 11. The minimum absolute atomic E-state index is 0.582. The summed E-state index contributed by atoms with van der Waals surface area (Å²) in [7, 11) is 0. The quantitative estimate of drug-likeness (QED) is 0.197. The summed E-state index contributed by atoms with van der Waals surface area (Å²) in [6.07, 6.45) is 0. The Hall–Kier alpha value is -5.91. The van der Waals surface area contributed by atoms with E-state index in [1.807, 2.05) is 36.4 Å². The molecule has 0 saturated carbocycles. The average molecular weight is 620 g/mol. The van der Waals surface area contributed by atoms with E-state index >= 15 is 0 Å². The van der Waals surface area contributed by atoms with Crippen molar-refractivity contribution in [3.8, 4) is 56.8 Å². The normalized spacial score (nSPS) is 13.4. The van der Waals surface area contributed by atoms with Crippen LogP contribution in [0.25, 0.3) is 55.4 Å². The van der Waals surface area contributed by atoms with Crippen molar-refractivity contribution in [1.82, 2.24) is 15.0 Å². The van der Waals surface area contributed by atoms with Crippen molar-refractivity contribution in [2.24, 2.45) is 0 Å². The second-order valence-electron chi connectivity index (χ2n) is 11.9. The molecule has 0 atom stereocenters. The average Bonchev–Trinajstić information content (AvgIpc) is 3.74. The standard InChI is InChI=1S/C42H25N3OS/c1-3-13-26(14-4-1)39-43-40(27-15-5-2-6-16-27)45-41(44-39)30-25-34-37(38-28(30)23-24-47-38)29-17-7-8-18-31(29)42(34)32-19-9-11-21-35(32)46-36-22-12-10-20-33(36)42/h1-25H. The highest BCUT2D eigenvalue weighted by Crippen LogP contribution is 2.64. The second kappa shape index (κ2) is 10.0. The molecule has 3 heterocycles. The highest BCUT2D eigenvalue weighted by atomic mass is 32.1. The molecule has 1 spiro atoms. The van der Waals surface area contributed by atoms with E-state index in [9.17, 15) is 0 Å². The van der Waals surface area contributed by atoms with Crippen molar-refractivity contribution >= 4 is 21.4 Å². The minimum atomic E-state index is -0.582. The summed E-state index contributed by atoms with van der Waals surface area (Å²) in [5, 5.41) is 3.32. The molecule has 5 heteroatoms. The van der Waals surface area contributed by atoms with Crippen molar-refractivity contribution < 1.29 is 4.74 Å². The predicted octanol–water partition coefficient (Wildman–Crippen LogP) is 10.6. The van der Waals surface area contributed by atoms with Crippen molar-refractivity contribution in [2.45, 2.75) is 5.41 Å². The molecule has 2 aliphatic rings. The first-order valence-electron chi connectivity index (χ1n) is 15.7. The van der Waals surface area contributed by atoms with Crippen LogP contribution in [0.3, 0.4) is 0 Å². The van der Waals surface area contributed by atoms with Crippen LogP contribution in [0.2, 0.25) is 0 Å². The molecule has 0 fully saturated rings. The molecule has 8 aromatic rings. The van der Waals surface area contributed by atoms with Gasteiger partial charge in [0.05, 0.1) is 5.41 Å². The third-order valence-corrected chi connectivity index (χ3v) is 10.4. The van der Waals surface area contributed by atoms with Gasteiger partial charge in [0.2, 0.25) is 0 Å². The number of hydrogen-bond acceptors (Lipinski definition) is 5. The molecular formula is C42H25N3OS. The van der Waals surface area contributed by atoms with Crippen molar-refractivity contribution in [3.05, 3.63) is 173 Å². The molecule has 4 nitrogen and oxygen atoms in total. The van der Waals surface area contributed by atoms with E-state index in [1.165, 1.54) is 27.0 Å². The van der Waals surface area contributed by atoms with Crippen molar-refractivity contribution in [2.75, 3.05) is 0 Å². The van der Waals surface area contributed by atoms with Gasteiger partial charge in [-0.25, -0.2) is 15.0 Å². The maximum Gasteiger partial charge on any atom is 0.164 e. The molecule has 47 heavy (non-hydrogen) atoms. The fourth-order valence-corrected chi connectivity index (χ4v) is 8.54. The zero-order valence-electron chi connectivity index (χ0n) is 25.1. The molecule has 1 aliphatic heterocycles. The van der Waals surface area contributed by atoms with E-state index in [1.54, 1.807) is 11.3 Å². The predicted molar refractivity (Wildman–Crippen MR) is 189 cm³/mol. The van der Waals surface area contributed by atoms with Crippen LogP contribution in [-0.4, -0.2) is 15.0 Å². The Balaban J connectivity index is 1.33. The first-order chi connectivity index (χ1) is 23.3. The highest BCUT2D eigenvalue weighted by Gasteiger charge is 2.51. The second-order valence-corrected chi connectivity index (χ2v) is 12.9. The Morgan fingerprint density at radius 3 is 1.64 bits per heavy atom. The fraction of sp³-hybridized carbons (Fsp3) is 0.0238. The van der Waals surface area contributed by atoms with E-state index in [0.29, 0.717) is 17.5 Å². The lowest BCUT2D eigenvalue weighted by Gasteiger charge is -2.39. The number of hydrogen-bond donors (Lipinski definition) is 0. The number of para-hydroxylation sites is 2. The van der Waals surface area contributed by atoms with E-state index in [0.717, 1.165) is 44.7 Å². The maximum absolute atomic E-state index is 6.58. The third kappa shape index (κ3) is 3.72. The smallest absolute Gasteiger partial charge is 0.164 e. The van der Waals surface area contributed by atoms with Crippen molar-refractivity contribution in [1.29, 1.82) is 0 Å². The fourth-order valence-electron chi connectivity index (χ4n) is 7.56. The Morgan fingerprint density at radius 2 is 1.00 bits per heavy atom. The van der Waals surface area contributed by atoms with Gasteiger partial charge in [0.15, 0.2) is 17.5 Å². The third-order valence-electron chi connectivity index (χ3n) is 9.49. The van der Waals surface area contributed by atoms with Crippen LogP contribution in [0.15, 0.2) is 151 Å². The van der Waals surface area contributed by atoms with Crippen LogP contribution in [0.4, 0.5) is 0 Å². The zero-order chi connectivity index (χ0) is 31.0. The number of rotatable bonds is 3. The molecule has 0 radical (unpaired) electrons. The Labute approximate surface area is 275 Å². The monoisotopic (exact) mass is 619 g/mol. The number of ether oxygens (including phenoxy) is 1. The number of benzene rings is 6. The number of aromatic nitrogens is 3. The van der Waals surface area contributed by atoms with Gasteiger partial charge in [-0.2, -0.15) is 0 Å². The van der Waals surface area contributed by atoms with Gasteiger partial charge < -0.3 is 4.74 Å². The summed E-state index contributed by atoms with van der Waals surface area (Å²) in [6, 6.07) is 50.7. The first kappa shape index (κ1) is 26.3. The lowest BCUT2D eigenvalue weighted by molar-refractivity contribution is 0.436. The minimum Gasteiger partial charge on any atom is -0.457 e. The topological polar surface area (TPSA) is 47.9 Å². The maximum atomic E-state index is 6.58. The van der Waals surface area contributed by atoms with Gasteiger partial charge in [0, 0.05) is 43.5 Å². The number of thiophene rings is 1. The molecule has 10 rings (SSSR count). The van der Waals surface area contributed by atoms with E-state index in [2.05, 4.69) is 115 Å². The summed E-state index contributed by atoms with van der Waals surface area (Å²) in [5.41, 5.74) is 9.58. The van der Waals surface area contributed by atoms with Gasteiger partial charge in [0.1, 0.15) is 11.5 Å². The van der Waals surface area contributed by atoms with E-state index < -0.39 is 5.41 Å². The van der Waals surface area contributed by atoms with Gasteiger partial charge in [-0.1, -0.05) is 121 Å². The first-order valence-corrected chi connectivity index (χ1v) is 16.6. The summed E-state index contributed by atoms with van der Waals surface area (Å²) >= 11 is 1.77. The van der Waals surface area contributed by atoms with Crippen LogP contribution in [-0.2, 0) is 5.41 Å². The Bertz CT molecular complexity index is 2400. The van der Waals surface area contributed by atoms with Gasteiger partial charge >= 0.3 is 0 Å². The molecule has 1 aliphatic carbocycles. The largest absolute Gasteiger partial charge is 0.457 e. The van der Waals surface area contributed by atoms with Crippen LogP contribution < -0.4 is 4.74 Å². The molecular weight excluding hydrogens is 595 g/mol. The van der Waals surface area contributed by atoms with Crippen LogP contribution in [0, 0.1) is 0 Å². The summed E-state index contributed by atoms with van der Waals surface area (Å²) < 4.78 is 7.81. The zero-order valence-corrected chi connectivity index (χ0v) is 25.9. The van der Waals surface area contributed by atoms with Gasteiger partial charge in [-0.15, -0.1) is 11.3 Å². The van der Waals surface area contributed by atoms with Crippen molar-refractivity contribution in [3.63, 3.8) is 0 Å². The van der Waals surface area contributed by atoms with Gasteiger partial charge in [-0.3, -0.25) is 0 Å². The summed E-state index contributed by atoms with van der Waals surface area (Å²) in [4.78, 5) is 15.3.